The van der Waals surface area contributed by atoms with Gasteiger partial charge in [0.1, 0.15) is 24.4 Å². The predicted molar refractivity (Wildman–Crippen MR) is 239 cm³/mol. The van der Waals surface area contributed by atoms with Gasteiger partial charge < -0.3 is 14.2 Å². The Bertz CT molecular complexity index is 1730. The highest BCUT2D eigenvalue weighted by Crippen LogP contribution is 2.42. The van der Waals surface area contributed by atoms with Crippen LogP contribution in [0.15, 0.2) is 65.1 Å². The number of rotatable bonds is 27. The second-order valence-corrected chi connectivity index (χ2v) is 15.8. The van der Waals surface area contributed by atoms with Crippen LogP contribution >= 0.6 is 0 Å². The van der Waals surface area contributed by atoms with Crippen molar-refractivity contribution >= 4 is 22.6 Å². The molecule has 5 heteroatoms. The summed E-state index contributed by atoms with van der Waals surface area (Å²) in [4.78, 5) is 18.4. The molecule has 0 N–H and O–H groups in total. The molecule has 2 aromatic rings. The molecule has 0 atom stereocenters. The van der Waals surface area contributed by atoms with Crippen molar-refractivity contribution in [3.8, 4) is 22.5 Å². The van der Waals surface area contributed by atoms with E-state index in [9.17, 15) is 4.79 Å². The highest BCUT2D eigenvalue weighted by atomic mass is 16.3. The van der Waals surface area contributed by atoms with Crippen LogP contribution in [0.2, 0.25) is 0 Å². The van der Waals surface area contributed by atoms with Gasteiger partial charge in [-0.05, 0) is 63.9 Å². The molecule has 5 nitrogen and oxygen atoms in total. The second kappa shape index (κ2) is 24.8. The fraction of sp³-hybridized carbons (Fsp3) is 0.600. The molecule has 0 saturated carbocycles. The maximum atomic E-state index is 14.2. The van der Waals surface area contributed by atoms with Gasteiger partial charge in [-0.15, -0.1) is 0 Å². The molecular weight excluding hydrogens is 675 g/mol. The molecule has 0 fully saturated rings. The number of nitrogens with zero attached hydrogens (tertiary/aromatic N) is 3. The van der Waals surface area contributed by atoms with Crippen LogP contribution in [0.3, 0.4) is 0 Å². The van der Waals surface area contributed by atoms with E-state index in [1.807, 2.05) is 24.1 Å². The van der Waals surface area contributed by atoms with E-state index < -0.39 is 0 Å². The Hall–Kier alpha value is -3.60. The van der Waals surface area contributed by atoms with E-state index in [1.165, 1.54) is 116 Å². The summed E-state index contributed by atoms with van der Waals surface area (Å²) in [6, 6.07) is 21.3. The lowest BCUT2D eigenvalue weighted by molar-refractivity contribution is 0.0793. The van der Waals surface area contributed by atoms with E-state index in [2.05, 4.69) is 92.6 Å². The molecule has 0 unspecified atom stereocenters. The summed E-state index contributed by atoms with van der Waals surface area (Å²) in [6.07, 6.45) is 26.0. The zero-order valence-corrected chi connectivity index (χ0v) is 35.9. The molecule has 1 aliphatic heterocycles. The zero-order chi connectivity index (χ0) is 39.3. The first kappa shape index (κ1) is 44.1. The number of carbonyl (C=O) groups is 1. The highest BCUT2D eigenvalue weighted by Gasteiger charge is 2.24. The third-order valence-corrected chi connectivity index (χ3v) is 11.8. The van der Waals surface area contributed by atoms with Gasteiger partial charge in [0.05, 0.1) is 6.07 Å². The average molecular weight is 751 g/mol. The maximum absolute atomic E-state index is 14.2. The Morgan fingerprint density at radius 2 is 1.15 bits per heavy atom. The Morgan fingerprint density at radius 3 is 1.69 bits per heavy atom. The molecule has 1 aliphatic carbocycles. The number of unbranched alkanes of at least 4 members (excludes halogenated alkanes) is 18. The van der Waals surface area contributed by atoms with Crippen molar-refractivity contribution in [2.75, 3.05) is 44.7 Å². The zero-order valence-electron chi connectivity index (χ0n) is 35.9. The SMILES string of the molecule is CCCCCCCCCCCCCCCCCCCCCN(C)C(=O)c1ccccc1-c1c2ccc(=[N+](CC)CC)cc-2oc2cc(N(CC)CC)ccc12. The van der Waals surface area contributed by atoms with Crippen molar-refractivity contribution in [2.24, 2.45) is 0 Å². The Balaban J connectivity index is 1.31. The van der Waals surface area contributed by atoms with Gasteiger partial charge in [-0.3, -0.25) is 4.79 Å². The van der Waals surface area contributed by atoms with Crippen LogP contribution in [-0.2, 0) is 0 Å². The van der Waals surface area contributed by atoms with Crippen LogP contribution in [0.5, 0.6) is 0 Å². The van der Waals surface area contributed by atoms with E-state index in [0.29, 0.717) is 0 Å². The molecule has 0 saturated heterocycles. The highest BCUT2D eigenvalue weighted by molar-refractivity contribution is 6.09. The van der Waals surface area contributed by atoms with Crippen LogP contribution in [-0.4, -0.2) is 50.6 Å². The third kappa shape index (κ3) is 13.2. The molecule has 0 aromatic heterocycles. The summed E-state index contributed by atoms with van der Waals surface area (Å²) in [5.74, 6) is 0.924. The van der Waals surface area contributed by atoms with Gasteiger partial charge >= 0.3 is 0 Å². The van der Waals surface area contributed by atoms with Crippen molar-refractivity contribution in [1.82, 2.24) is 9.48 Å². The summed E-state index contributed by atoms with van der Waals surface area (Å²) in [5.41, 5.74) is 5.79. The molecular formula is C50H76N3O2+. The van der Waals surface area contributed by atoms with Gasteiger partial charge in [-0.1, -0.05) is 141 Å². The first-order valence-corrected chi connectivity index (χ1v) is 22.7. The maximum Gasteiger partial charge on any atom is 0.254 e. The minimum Gasteiger partial charge on any atom is -0.456 e. The third-order valence-electron chi connectivity index (χ3n) is 11.8. The second-order valence-electron chi connectivity index (χ2n) is 15.8. The molecule has 302 valence electrons. The number of hydrogen-bond acceptors (Lipinski definition) is 3. The molecule has 1 heterocycles. The van der Waals surface area contributed by atoms with Gasteiger partial charge in [-0.2, -0.15) is 0 Å². The number of hydrogen-bond donors (Lipinski definition) is 0. The molecule has 2 aromatic carbocycles. The molecule has 0 bridgehead atoms. The minimum atomic E-state index is 0.0830. The van der Waals surface area contributed by atoms with Crippen molar-refractivity contribution in [2.45, 2.75) is 157 Å². The summed E-state index contributed by atoms with van der Waals surface area (Å²) in [5, 5.41) is 2.18. The van der Waals surface area contributed by atoms with Gasteiger partial charge in [0, 0.05) is 66.6 Å². The fourth-order valence-electron chi connectivity index (χ4n) is 8.35. The number of fused-ring (bicyclic) bond motifs is 2. The number of benzene rings is 3. The number of amides is 1. The lowest BCUT2D eigenvalue weighted by Gasteiger charge is -2.23. The lowest BCUT2D eigenvalue weighted by Crippen LogP contribution is -2.29. The normalized spacial score (nSPS) is 11.5. The van der Waals surface area contributed by atoms with E-state index in [4.69, 9.17) is 4.42 Å². The monoisotopic (exact) mass is 751 g/mol. The molecule has 55 heavy (non-hydrogen) atoms. The molecule has 4 rings (SSSR count). The van der Waals surface area contributed by atoms with Crippen LogP contribution in [0.1, 0.15) is 167 Å². The van der Waals surface area contributed by atoms with Gasteiger partial charge in [0.25, 0.3) is 5.91 Å². The topological polar surface area (TPSA) is 39.7 Å². The average Bonchev–Trinajstić information content (AvgIpc) is 3.21. The Morgan fingerprint density at radius 1 is 0.600 bits per heavy atom. The van der Waals surface area contributed by atoms with E-state index >= 15 is 0 Å². The standard InChI is InChI=1S/C50H76N3O2/c1-7-12-13-14-15-16-17-18-19-20-21-22-23-24-25-26-27-28-31-38-51(6)50(54)44-33-30-29-32-43(44)49-45-36-34-41(52(8-2)9-3)39-47(45)55-48-40-42(35-37-46(48)49)53(10-4)11-5/h29-30,32-37,39-40H,7-28,31,38H2,1-6H3/q+1. The molecule has 0 radical (unpaired) electrons. The molecule has 1 amide bonds. The smallest absolute Gasteiger partial charge is 0.254 e. The minimum absolute atomic E-state index is 0.0830. The van der Waals surface area contributed by atoms with Gasteiger partial charge in [0.15, 0.2) is 0 Å². The molecule has 2 aliphatic rings. The van der Waals surface area contributed by atoms with E-state index in [0.717, 1.165) is 89.2 Å². The number of carbonyl (C=O) groups excluding carboxylic acids is 1. The summed E-state index contributed by atoms with van der Waals surface area (Å²) in [7, 11) is 1.97. The van der Waals surface area contributed by atoms with Gasteiger partial charge in [0.2, 0.25) is 5.36 Å². The summed E-state index contributed by atoms with van der Waals surface area (Å²) in [6.45, 7) is 15.5. The number of anilines is 1. The van der Waals surface area contributed by atoms with Crippen molar-refractivity contribution in [3.63, 3.8) is 0 Å². The molecule has 0 spiro atoms. The Labute approximate surface area is 335 Å². The first-order chi connectivity index (χ1) is 27.0. The van der Waals surface area contributed by atoms with E-state index in [-0.39, 0.29) is 5.91 Å². The van der Waals surface area contributed by atoms with Crippen LogP contribution in [0, 0.1) is 0 Å². The van der Waals surface area contributed by atoms with Crippen LogP contribution in [0.4, 0.5) is 5.69 Å². The Kier molecular flexibility index (Phi) is 19.9. The van der Waals surface area contributed by atoms with E-state index in [1.54, 1.807) is 0 Å². The van der Waals surface area contributed by atoms with Gasteiger partial charge in [-0.25, -0.2) is 4.58 Å². The van der Waals surface area contributed by atoms with Crippen LogP contribution in [0.25, 0.3) is 33.4 Å². The quantitative estimate of drug-likeness (QED) is 0.0346. The summed E-state index contributed by atoms with van der Waals surface area (Å²) >= 11 is 0. The van der Waals surface area contributed by atoms with Crippen molar-refractivity contribution in [3.05, 3.63) is 71.6 Å². The first-order valence-electron chi connectivity index (χ1n) is 22.7. The van der Waals surface area contributed by atoms with Crippen molar-refractivity contribution in [1.29, 1.82) is 0 Å². The largest absolute Gasteiger partial charge is 0.456 e. The fourth-order valence-corrected chi connectivity index (χ4v) is 8.35. The predicted octanol–water partition coefficient (Wildman–Crippen LogP) is 13.4. The summed E-state index contributed by atoms with van der Waals surface area (Å²) < 4.78 is 9.06. The lowest BCUT2D eigenvalue weighted by atomic mass is 9.90. The van der Waals surface area contributed by atoms with Crippen molar-refractivity contribution < 1.29 is 9.21 Å². The van der Waals surface area contributed by atoms with Crippen LogP contribution < -0.4 is 14.8 Å².